The van der Waals surface area contributed by atoms with E-state index in [0.29, 0.717) is 32.6 Å². The molecule has 6 N–H and O–H groups in total. The van der Waals surface area contributed by atoms with E-state index in [2.05, 4.69) is 117 Å². The number of carbonyl (C=O) groups is 3. The Hall–Kier alpha value is -1.95. The zero-order valence-corrected chi connectivity index (χ0v) is 93.6. The quantitative estimate of drug-likeness (QED) is 0.0191. The van der Waals surface area contributed by atoms with Gasteiger partial charge < -0.3 is 59.1 Å². The number of nitrogens with zero attached hydrogens (tertiary/aromatic N) is 6. The van der Waals surface area contributed by atoms with E-state index in [4.69, 9.17) is 59.1 Å². The summed E-state index contributed by atoms with van der Waals surface area (Å²) >= 11 is 0. The Morgan fingerprint density at radius 1 is 0.357 bits per heavy atom. The van der Waals surface area contributed by atoms with Gasteiger partial charge in [-0.05, 0) is 228 Å². The number of phosphoric ester groups is 1. The Morgan fingerprint density at radius 2 is 0.563 bits per heavy atom. The molecule has 37 heteroatoms. The molecule has 5 unspecified atom stereocenters. The molecule has 0 aliphatic heterocycles. The van der Waals surface area contributed by atoms with Gasteiger partial charge in [0.15, 0.2) is 0 Å². The van der Waals surface area contributed by atoms with Gasteiger partial charge in [-0.3, -0.25) is 44.9 Å². The number of ether oxygens (including phenoxy) is 8. The van der Waals surface area contributed by atoms with Crippen LogP contribution in [-0.4, -0.2) is 337 Å². The maximum Gasteiger partial charge on any atom is 0.469 e. The average Bonchev–Trinajstić information content (AvgIpc) is 0.834. The van der Waals surface area contributed by atoms with Crippen LogP contribution < -0.4 is 11.5 Å². The third kappa shape index (κ3) is 61.1. The van der Waals surface area contributed by atoms with E-state index in [-0.39, 0.29) is 143 Å². The van der Waals surface area contributed by atoms with Crippen LogP contribution in [0.2, 0.25) is 0 Å². The Balaban J connectivity index is -0.000000484. The van der Waals surface area contributed by atoms with Gasteiger partial charge in [0, 0.05) is 146 Å². The van der Waals surface area contributed by atoms with Crippen LogP contribution in [0.4, 0.5) is 0 Å². The van der Waals surface area contributed by atoms with Crippen LogP contribution in [0.15, 0.2) is 0 Å². The fourth-order valence-electron chi connectivity index (χ4n) is 11.1. The van der Waals surface area contributed by atoms with Crippen molar-refractivity contribution in [3.63, 3.8) is 0 Å². The summed E-state index contributed by atoms with van der Waals surface area (Å²) in [6.07, 6.45) is 6.88. The molecule has 0 aliphatic carbocycles. The van der Waals surface area contributed by atoms with Crippen molar-refractivity contribution in [3.8, 4) is 0 Å². The number of phosphoric acid groups is 1. The van der Waals surface area contributed by atoms with Crippen LogP contribution in [0, 0.1) is 33.0 Å². The molecular weight excluding hydrogens is 1760 g/mol. The molecular formula is C89H191N8O22PS6. The molecule has 0 bridgehead atoms. The lowest BCUT2D eigenvalue weighted by Crippen LogP contribution is -2.51. The van der Waals surface area contributed by atoms with Crippen LogP contribution in [-0.2, 0) is 120 Å². The molecule has 760 valence electrons. The third-order valence-electron chi connectivity index (χ3n) is 20.3. The lowest BCUT2D eigenvalue weighted by atomic mass is 9.90. The molecule has 126 heavy (non-hydrogen) atoms. The first kappa shape index (κ1) is 133. The van der Waals surface area contributed by atoms with Gasteiger partial charge in [0.2, 0.25) is 0 Å². The minimum atomic E-state index is -4.61. The highest BCUT2D eigenvalue weighted by Gasteiger charge is 2.40. The van der Waals surface area contributed by atoms with Crippen molar-refractivity contribution in [1.29, 1.82) is 0 Å². The Labute approximate surface area is 773 Å². The van der Waals surface area contributed by atoms with Crippen LogP contribution in [0.25, 0.3) is 0 Å². The zero-order valence-electron chi connectivity index (χ0n) is 87.8. The number of rotatable bonds is 42. The first-order chi connectivity index (χ1) is 54.9. The van der Waals surface area contributed by atoms with Crippen molar-refractivity contribution in [2.24, 2.45) is 44.5 Å². The first-order valence-corrected chi connectivity index (χ1v) is 57.3. The van der Waals surface area contributed by atoms with Crippen LogP contribution in [0.1, 0.15) is 270 Å². The van der Waals surface area contributed by atoms with Crippen molar-refractivity contribution < 1.29 is 101 Å². The Kier molecular flexibility index (Phi) is 55.1. The number of nitrogens with two attached hydrogens (primary N) is 2. The summed E-state index contributed by atoms with van der Waals surface area (Å²) in [5, 5.41) is 0. The molecule has 17 atom stereocenters. The Morgan fingerprint density at radius 3 is 0.746 bits per heavy atom. The standard InChI is InChI=1S/C20H42N2O4S.C19H40N2O4S.C18H38N2O4S.C17H37NO4S2.C15H34NO6PS/c1-14(2)17(21)18(23)25-13-16(26-15(3)19(4,5)6)12-22(20(7,8)9)27(10,11)24;1-15(18(2,3)4)25-16(14-24-17(22)13-20(8)9)12-21(19(5,6)7)26(10,11)23;1-13(19)16(21)23-12-15(24-14(2)17(3,4)5)11-20(18(6,7)8)25(9,10)22;1-14(16(2,3)4)22-15(11-12-24(10,20)21)13-18(17(5,6)7)23(8,9)19;1-12(14(2,3)4)22-13(11-21-23(17,18)19)10-16(15(5,6)7)24(8,9)20/h14-17H,10,12-13,21H2,1-9,11H3;15-16H,10,12-14H2,1-9,11H3;13-15H,9,11-12,19H2,1-8,10H3;14-15H,8,11-13H2,1-7,9-10H3;12-13H,8,10-11H2,1-7,9H3,(H2,17,18,19)/t15-,16-,17-,27?;15-,16-,26?;13-,14-,15-,25?;14-,15-,23?;12-,13-,24?/m00000/s1. The Bertz CT molecular complexity index is 3980. The maximum atomic E-state index is 12.7. The first-order valence-electron chi connectivity index (χ1n) is 43.2. The minimum absolute atomic E-state index is 0.00865. The molecule has 0 radical (unpaired) electrons. The van der Waals surface area contributed by atoms with Crippen LogP contribution in [0.3, 0.4) is 0 Å². The molecule has 0 aromatic heterocycles. The summed E-state index contributed by atoms with van der Waals surface area (Å²) in [6, 6.07) is -1.37. The predicted molar refractivity (Wildman–Crippen MR) is 537 cm³/mol. The lowest BCUT2D eigenvalue weighted by Gasteiger charge is -2.40. The topological polar surface area (TPSA) is 383 Å². The summed E-state index contributed by atoms with van der Waals surface area (Å²) in [7, 11) is -16.4. The average molecular weight is 1950 g/mol. The monoisotopic (exact) mass is 1950 g/mol. The number of carbonyl (C=O) groups excluding carboxylic acids is 3. The molecule has 0 aromatic carbocycles. The van der Waals surface area contributed by atoms with E-state index in [0.717, 1.165) is 0 Å². The van der Waals surface area contributed by atoms with Crippen molar-refractivity contribution in [1.82, 2.24) is 26.4 Å². The molecule has 0 heterocycles. The highest BCUT2D eigenvalue weighted by Crippen LogP contribution is 2.38. The number of esters is 3. The molecule has 0 saturated heterocycles. The maximum absolute atomic E-state index is 12.7. The highest BCUT2D eigenvalue weighted by atomic mass is 32.2. The SMILES string of the molecule is C=S(C)(=O)N(C[C@@H](COC(=O)CN(C)C)O[C@@H](C)C(C)(C)C)C(C)(C)C.C=S(C)(=O)N(C[C@@H](COC(=O)[C@@H](N)C(C)C)O[C@@H](C)C(C)(C)C)C(C)(C)C.C=S(C)(=O)N(C[C@@H](COC(=O)[C@H](C)N)O[C@@H](C)C(C)(C)C)C(C)(C)C.C=S(C)(=O)N(C[C@@H](COP(=O)(O)O)O[C@@H](C)C(C)(C)C)C(C)(C)C.C=S(C)(=O)N(C[C@H](CCS(C)(=O)=O)O[C@@H](C)C(C)(C)C)C(C)(C)C. The van der Waals surface area contributed by atoms with E-state index in [9.17, 15) is 48.4 Å². The molecule has 30 nitrogen and oxygen atoms in total. The highest BCUT2D eigenvalue weighted by molar-refractivity contribution is 7.98. The predicted octanol–water partition coefficient (Wildman–Crippen LogP) is 11.9. The number of likely N-dealkylation sites (N-methyl/N-ethyl adjacent to an activating group) is 1. The number of hydrogen-bond donors (Lipinski definition) is 4. The summed E-state index contributed by atoms with van der Waals surface area (Å²) in [5.74, 6) is 17.8. The van der Waals surface area contributed by atoms with Gasteiger partial charge in [-0.2, -0.15) is 0 Å². The molecule has 0 aromatic rings. The van der Waals surface area contributed by atoms with Gasteiger partial charge in [0.25, 0.3) is 0 Å². The summed E-state index contributed by atoms with van der Waals surface area (Å²) in [4.78, 5) is 55.5. The van der Waals surface area contributed by atoms with Gasteiger partial charge in [-0.1, -0.05) is 118 Å². The minimum Gasteiger partial charge on any atom is -0.462 e. The largest absolute Gasteiger partial charge is 0.469 e. The molecule has 0 rings (SSSR count). The van der Waals surface area contributed by atoms with E-state index in [1.54, 1.807) is 45.5 Å². The lowest BCUT2D eigenvalue weighted by molar-refractivity contribution is -0.155. The third-order valence-corrected chi connectivity index (χ3v) is 29.9. The number of sulfone groups is 1. The van der Waals surface area contributed by atoms with Gasteiger partial charge in [-0.15, -0.1) is 0 Å². The van der Waals surface area contributed by atoms with E-state index >= 15 is 0 Å². The van der Waals surface area contributed by atoms with Crippen molar-refractivity contribution in [2.75, 3.05) is 123 Å². The van der Waals surface area contributed by atoms with Gasteiger partial charge >= 0.3 is 25.7 Å². The molecule has 0 fully saturated rings. The number of hydrogen-bond acceptors (Lipinski definition) is 23. The normalized spacial score (nSPS) is 18.8. The summed E-state index contributed by atoms with van der Waals surface area (Å²) in [6.45, 7) is 77.4. The van der Waals surface area contributed by atoms with Gasteiger partial charge in [-0.25, -0.2) is 34.5 Å². The van der Waals surface area contributed by atoms with Crippen LogP contribution >= 0.6 is 7.82 Å². The fraction of sp³-hybridized carbons (Fsp3) is 0.910. The van der Waals surface area contributed by atoms with Crippen molar-refractivity contribution >= 4 is 113 Å². The smallest absolute Gasteiger partial charge is 0.462 e. The van der Waals surface area contributed by atoms with E-state index in [1.165, 1.54) is 12.5 Å². The molecule has 0 saturated carbocycles. The second-order valence-corrected chi connectivity index (χ2v) is 60.5. The zero-order chi connectivity index (χ0) is 102. The molecule has 0 spiro atoms. The van der Waals surface area contributed by atoms with E-state index < -0.39 is 120 Å². The van der Waals surface area contributed by atoms with Crippen molar-refractivity contribution in [2.45, 2.75) is 370 Å². The second-order valence-electron chi connectivity index (χ2n) is 45.2. The molecule has 0 aliphatic rings. The van der Waals surface area contributed by atoms with Gasteiger partial charge in [0.1, 0.15) is 60.1 Å². The molecule has 0 amide bonds. The van der Waals surface area contributed by atoms with E-state index in [1.807, 2.05) is 200 Å². The van der Waals surface area contributed by atoms with Crippen LogP contribution in [0.5, 0.6) is 0 Å². The fourth-order valence-corrected chi connectivity index (χ4v) is 20.3. The van der Waals surface area contributed by atoms with Gasteiger partial charge in [0.05, 0.1) is 61.6 Å². The summed E-state index contributed by atoms with van der Waals surface area (Å²) < 4.78 is 158. The second kappa shape index (κ2) is 52.4. The van der Waals surface area contributed by atoms with Crippen molar-refractivity contribution in [3.05, 3.63) is 0 Å². The summed E-state index contributed by atoms with van der Waals surface area (Å²) in [5.41, 5.74) is 9.07.